The molecule has 0 aromatic carbocycles. The van der Waals surface area contributed by atoms with Crippen LogP contribution in [0.15, 0.2) is 53.5 Å². The first kappa shape index (κ1) is 59.1. The highest BCUT2D eigenvalue weighted by atomic mass is 31.3. The van der Waals surface area contributed by atoms with E-state index in [1.807, 2.05) is 37.3 Å². The number of hydrogen-bond donors (Lipinski definition) is 6. The molecular weight excluding hydrogens is 900 g/mol. The van der Waals surface area contributed by atoms with Crippen LogP contribution in [0.5, 0.6) is 0 Å². The van der Waals surface area contributed by atoms with Crippen LogP contribution in [0.2, 0.25) is 0 Å². The fourth-order valence-electron chi connectivity index (χ4n) is 6.79. The Bertz CT molecular complexity index is 1780. The first-order chi connectivity index (χ1) is 31.5. The van der Waals surface area contributed by atoms with Crippen LogP contribution in [0.3, 0.4) is 0 Å². The molecule has 0 radical (unpaired) electrons. The van der Waals surface area contributed by atoms with Crippen molar-refractivity contribution in [2.24, 2.45) is 5.92 Å². The van der Waals surface area contributed by atoms with Gasteiger partial charge in [-0.1, -0.05) is 134 Å². The second-order valence-corrected chi connectivity index (χ2v) is 19.7. The van der Waals surface area contributed by atoms with Crippen LogP contribution in [0.4, 0.5) is 5.82 Å². The van der Waals surface area contributed by atoms with Crippen LogP contribution >= 0.6 is 15.6 Å². The van der Waals surface area contributed by atoms with E-state index >= 15 is 0 Å². The number of rotatable bonds is 37. The van der Waals surface area contributed by atoms with E-state index in [2.05, 4.69) is 23.1 Å². The average molecular weight is 978 g/mol. The normalized spacial score (nSPS) is 21.0. The van der Waals surface area contributed by atoms with Gasteiger partial charge in [-0.3, -0.25) is 23.2 Å². The first-order valence-corrected chi connectivity index (χ1v) is 26.5. The van der Waals surface area contributed by atoms with Gasteiger partial charge in [-0.25, -0.2) is 13.9 Å². The summed E-state index contributed by atoms with van der Waals surface area (Å²) < 4.78 is 56.6. The van der Waals surface area contributed by atoms with Gasteiger partial charge in [0.15, 0.2) is 12.3 Å². The van der Waals surface area contributed by atoms with Crippen LogP contribution < -0.4 is 11.4 Å². The molecule has 7 N–H and O–H groups in total. The molecule has 2 heterocycles. The molecule has 1 aliphatic rings. The minimum atomic E-state index is -5.43. The molecule has 0 spiro atoms. The molecule has 0 amide bonds. The van der Waals surface area contributed by atoms with Crippen molar-refractivity contribution < 1.29 is 71.4 Å². The number of ether oxygens (including phenoxy) is 3. The van der Waals surface area contributed by atoms with Gasteiger partial charge in [-0.15, -0.1) is 0 Å². The van der Waals surface area contributed by atoms with Crippen LogP contribution in [0.1, 0.15) is 155 Å². The molecule has 0 bridgehead atoms. The van der Waals surface area contributed by atoms with Gasteiger partial charge >= 0.3 is 33.3 Å². The minimum Gasteiger partial charge on any atom is -0.462 e. The Kier molecular flexibility index (Phi) is 29.9. The first-order valence-electron chi connectivity index (χ1n) is 23.5. The Hall–Kier alpha value is -3.06. The second-order valence-electron chi connectivity index (χ2n) is 16.7. The molecule has 1 fully saturated rings. The highest BCUT2D eigenvalue weighted by Crippen LogP contribution is 2.60. The summed E-state index contributed by atoms with van der Waals surface area (Å²) in [6.45, 7) is 4.18. The maximum Gasteiger partial charge on any atom is 0.481 e. The number of carbonyl (C=O) groups excluding carboxylic acids is 2. The van der Waals surface area contributed by atoms with E-state index in [1.165, 1.54) is 38.2 Å². The molecule has 0 aliphatic carbocycles. The number of nitrogens with zero attached hydrogens (tertiary/aromatic N) is 2. The Morgan fingerprint density at radius 2 is 1.47 bits per heavy atom. The summed E-state index contributed by atoms with van der Waals surface area (Å²) >= 11 is 0. The maximum atomic E-state index is 12.8. The summed E-state index contributed by atoms with van der Waals surface area (Å²) in [5, 5.41) is 30.8. The third-order valence-electron chi connectivity index (χ3n) is 10.9. The number of nitrogens with two attached hydrogens (primary N) is 1. The molecule has 1 aromatic rings. The van der Waals surface area contributed by atoms with Gasteiger partial charge in [0.2, 0.25) is 0 Å². The van der Waals surface area contributed by atoms with Gasteiger partial charge in [0, 0.05) is 19.0 Å². The zero-order valence-corrected chi connectivity index (χ0v) is 40.8. The summed E-state index contributed by atoms with van der Waals surface area (Å²) in [4.78, 5) is 61.7. The lowest BCUT2D eigenvalue weighted by Crippen LogP contribution is -2.36. The van der Waals surface area contributed by atoms with Crippen molar-refractivity contribution in [3.63, 3.8) is 0 Å². The largest absolute Gasteiger partial charge is 0.481 e. The van der Waals surface area contributed by atoms with Gasteiger partial charge in [0.05, 0.1) is 19.3 Å². The summed E-state index contributed by atoms with van der Waals surface area (Å²) in [7, 11) is -10.9. The molecule has 21 heteroatoms. The lowest BCUT2D eigenvalue weighted by Gasteiger charge is -2.21. The molecular formula is C45H77N3O16P2. The minimum absolute atomic E-state index is 0.00383. The van der Waals surface area contributed by atoms with Gasteiger partial charge < -0.3 is 45.1 Å². The van der Waals surface area contributed by atoms with Crippen molar-refractivity contribution in [1.29, 1.82) is 0 Å². The van der Waals surface area contributed by atoms with E-state index < -0.39 is 89.8 Å². The number of phosphoric ester groups is 2. The number of nitrogen functional groups attached to an aromatic ring is 1. The van der Waals surface area contributed by atoms with E-state index in [0.29, 0.717) is 19.3 Å². The number of aromatic nitrogens is 2. The zero-order chi connectivity index (χ0) is 48.8. The zero-order valence-electron chi connectivity index (χ0n) is 39.0. The smallest absolute Gasteiger partial charge is 0.462 e. The molecule has 19 nitrogen and oxygen atoms in total. The SMILES string of the molecule is CC/C=C/CC(O)/C=C/C=C/CCCCCCCC(=O)O[C@H](COC(=O)CCCCCCCCCCC(C)CC)COP(=O)(O)OP(=O)(O)OC[C@H]1O[C@@H](n2ccc(N)nc2=O)[C@H](O)[C@@H]1O. The second kappa shape index (κ2) is 33.4. The lowest BCUT2D eigenvalue weighted by atomic mass is 9.99. The van der Waals surface area contributed by atoms with Gasteiger partial charge in [-0.2, -0.15) is 9.29 Å². The van der Waals surface area contributed by atoms with Crippen LogP contribution in [0.25, 0.3) is 0 Å². The predicted molar refractivity (Wildman–Crippen MR) is 249 cm³/mol. The maximum absolute atomic E-state index is 12.8. The van der Waals surface area contributed by atoms with E-state index in [9.17, 15) is 48.6 Å². The Morgan fingerprint density at radius 1 is 0.848 bits per heavy atom. The van der Waals surface area contributed by atoms with Crippen molar-refractivity contribution >= 4 is 33.4 Å². The summed E-state index contributed by atoms with van der Waals surface area (Å²) in [5.41, 5.74) is 4.57. The molecule has 2 rings (SSSR count). The number of anilines is 1. The molecule has 4 unspecified atom stereocenters. The topological polar surface area (TPSA) is 286 Å². The summed E-state index contributed by atoms with van der Waals surface area (Å²) in [6, 6.07) is 1.24. The third kappa shape index (κ3) is 26.5. The quantitative estimate of drug-likeness (QED) is 0.0123. The monoisotopic (exact) mass is 977 g/mol. The molecule has 1 saturated heterocycles. The number of unbranched alkanes of at least 4 members (excludes halogenated alkanes) is 12. The van der Waals surface area contributed by atoms with Crippen LogP contribution in [0, 0.1) is 5.92 Å². The highest BCUT2D eigenvalue weighted by Gasteiger charge is 2.46. The fraction of sp³-hybridized carbons (Fsp3) is 0.733. The summed E-state index contributed by atoms with van der Waals surface area (Å²) in [6.07, 6.45) is 21.5. The van der Waals surface area contributed by atoms with Crippen LogP contribution in [-0.4, -0.2) is 96.9 Å². The van der Waals surface area contributed by atoms with Crippen molar-refractivity contribution in [3.05, 3.63) is 59.2 Å². The number of esters is 2. The number of aliphatic hydroxyl groups is 3. The van der Waals surface area contributed by atoms with E-state index in [-0.39, 0.29) is 18.7 Å². The number of carbonyl (C=O) groups is 2. The van der Waals surface area contributed by atoms with Crippen molar-refractivity contribution in [2.75, 3.05) is 25.6 Å². The Balaban J connectivity index is 1.85. The van der Waals surface area contributed by atoms with Gasteiger partial charge in [0.25, 0.3) is 0 Å². The molecule has 66 heavy (non-hydrogen) atoms. The molecule has 378 valence electrons. The number of allylic oxidation sites excluding steroid dienone is 4. The van der Waals surface area contributed by atoms with E-state index in [1.54, 1.807) is 6.08 Å². The number of hydrogen-bond acceptors (Lipinski definition) is 16. The van der Waals surface area contributed by atoms with Crippen molar-refractivity contribution in [2.45, 2.75) is 186 Å². The number of aliphatic hydroxyl groups excluding tert-OH is 3. The summed E-state index contributed by atoms with van der Waals surface area (Å²) in [5.74, 6) is -0.591. The van der Waals surface area contributed by atoms with Crippen LogP contribution in [-0.2, 0) is 46.3 Å². The van der Waals surface area contributed by atoms with Gasteiger partial charge in [0.1, 0.15) is 30.7 Å². The van der Waals surface area contributed by atoms with Crippen molar-refractivity contribution in [1.82, 2.24) is 9.55 Å². The molecule has 0 saturated carbocycles. The number of phosphoric acid groups is 2. The molecule has 9 atom stereocenters. The molecule has 1 aliphatic heterocycles. The highest BCUT2D eigenvalue weighted by molar-refractivity contribution is 7.61. The van der Waals surface area contributed by atoms with E-state index in [0.717, 1.165) is 80.9 Å². The Morgan fingerprint density at radius 3 is 2.12 bits per heavy atom. The van der Waals surface area contributed by atoms with Gasteiger partial charge in [-0.05, 0) is 50.5 Å². The third-order valence-corrected chi connectivity index (χ3v) is 13.5. The Labute approximate surface area is 390 Å². The van der Waals surface area contributed by atoms with E-state index in [4.69, 9.17) is 29.0 Å². The lowest BCUT2D eigenvalue weighted by molar-refractivity contribution is -0.161. The fourth-order valence-corrected chi connectivity index (χ4v) is 8.90. The predicted octanol–water partition coefficient (Wildman–Crippen LogP) is 7.66. The molecule has 1 aromatic heterocycles. The van der Waals surface area contributed by atoms with Crippen molar-refractivity contribution in [3.8, 4) is 0 Å². The standard InChI is InChI=1S/C45H77N3O16P2/c1-4-6-20-26-36(49)27-22-17-13-8-7-9-15-19-24-29-41(51)62-37(32-59-40(50)28-23-18-14-11-10-12-16-21-25-35(3)5-2)33-60-65(55,56)64-66(57,58)61-34-38-42(52)43(53)44(63-38)48-31-30-39(46)47-45(48)54/h6,13,17,20,22,27,30-31,35-38,42-44,49,52-53H,4-5,7-12,14-16,18-19,21,23-26,28-29,32-34H2,1-3H3,(H,55,56)(H,57,58)(H2,46,47,54)/b17-13+,20-6+,27-22+/t35?,36?,37-,38-,42-,43-,44-/m1/s1. The average Bonchev–Trinajstić information content (AvgIpc) is 3.54.